The van der Waals surface area contributed by atoms with Gasteiger partial charge in [-0.15, -0.1) is 0 Å². The van der Waals surface area contributed by atoms with Crippen molar-refractivity contribution in [2.45, 2.75) is 10.9 Å². The molecule has 0 saturated heterocycles. The third-order valence-electron chi connectivity index (χ3n) is 4.74. The molecule has 0 aliphatic heterocycles. The predicted molar refractivity (Wildman–Crippen MR) is 123 cm³/mol. The first kappa shape index (κ1) is 18.8. The van der Waals surface area contributed by atoms with Crippen LogP contribution in [0.3, 0.4) is 0 Å². The van der Waals surface area contributed by atoms with Crippen LogP contribution in [0, 0.1) is 0 Å². The van der Waals surface area contributed by atoms with Crippen LogP contribution in [-0.2, 0) is 12.8 Å². The van der Waals surface area contributed by atoms with E-state index >= 15 is 0 Å². The predicted octanol–water partition coefficient (Wildman–Crippen LogP) is 5.03. The second kappa shape index (κ2) is 7.89. The van der Waals surface area contributed by atoms with Gasteiger partial charge in [-0.1, -0.05) is 83.8 Å². The highest BCUT2D eigenvalue weighted by Crippen LogP contribution is 2.39. The zero-order valence-corrected chi connectivity index (χ0v) is 17.8. The van der Waals surface area contributed by atoms with E-state index in [4.69, 9.17) is 15.7 Å². The zero-order valence-electron chi connectivity index (χ0n) is 16.2. The van der Waals surface area contributed by atoms with Gasteiger partial charge in [-0.25, -0.2) is 19.9 Å². The maximum absolute atomic E-state index is 6.02. The third kappa shape index (κ3) is 3.44. The number of thiazole rings is 1. The molecule has 0 spiro atoms. The summed E-state index contributed by atoms with van der Waals surface area (Å²) in [5.74, 6) is 1.24. The molecule has 0 saturated carbocycles. The average Bonchev–Trinajstić information content (AvgIpc) is 3.35. The van der Waals surface area contributed by atoms with Gasteiger partial charge in [-0.05, 0) is 5.56 Å². The van der Waals surface area contributed by atoms with Crippen LogP contribution in [0.15, 0.2) is 72.1 Å². The Kier molecular flexibility index (Phi) is 4.94. The van der Waals surface area contributed by atoms with Gasteiger partial charge in [0, 0.05) is 18.4 Å². The Morgan fingerprint density at radius 1 is 0.967 bits per heavy atom. The normalized spacial score (nSPS) is 11.2. The van der Waals surface area contributed by atoms with Crippen LogP contribution < -0.4 is 5.73 Å². The van der Waals surface area contributed by atoms with E-state index in [1.54, 1.807) is 11.8 Å². The van der Waals surface area contributed by atoms with Crippen molar-refractivity contribution in [3.63, 3.8) is 0 Å². The molecule has 0 aliphatic rings. The number of nitrogens with zero attached hydrogens (tertiary/aromatic N) is 5. The molecular weight excluding hydrogens is 412 g/mol. The molecule has 30 heavy (non-hydrogen) atoms. The molecule has 0 bridgehead atoms. The molecular formula is C22H18N6S2. The van der Waals surface area contributed by atoms with Gasteiger partial charge in [0.15, 0.2) is 11.0 Å². The summed E-state index contributed by atoms with van der Waals surface area (Å²) in [7, 11) is 2.03. The number of imidazole rings is 1. The number of nitrogens with two attached hydrogens (primary N) is 1. The largest absolute Gasteiger partial charge is 0.382 e. The van der Waals surface area contributed by atoms with Gasteiger partial charge in [-0.2, -0.15) is 0 Å². The molecule has 3 aromatic heterocycles. The molecule has 8 heteroatoms. The second-order valence-electron chi connectivity index (χ2n) is 6.72. The van der Waals surface area contributed by atoms with Crippen molar-refractivity contribution in [2.75, 3.05) is 5.73 Å². The standard InChI is InChI=1S/C22H18N6S2/c1-28-18(21-26-17-19(23)24-13-25-20(17)30-21)16(15-10-6-3-7-11-15)27-22(28)29-12-14-8-4-2-5-9-14/h2-11,13H,12H2,1H3,(H2,23,24,25). The Morgan fingerprint density at radius 2 is 1.70 bits per heavy atom. The number of fused-ring (bicyclic) bond motifs is 1. The van der Waals surface area contributed by atoms with Gasteiger partial charge < -0.3 is 10.3 Å². The van der Waals surface area contributed by atoms with E-state index in [2.05, 4.69) is 50.9 Å². The van der Waals surface area contributed by atoms with E-state index < -0.39 is 0 Å². The summed E-state index contributed by atoms with van der Waals surface area (Å²) in [6, 6.07) is 20.6. The van der Waals surface area contributed by atoms with Crippen LogP contribution in [0.2, 0.25) is 0 Å². The van der Waals surface area contributed by atoms with Crippen molar-refractivity contribution in [3.05, 3.63) is 72.6 Å². The second-order valence-corrected chi connectivity index (χ2v) is 8.64. The van der Waals surface area contributed by atoms with Crippen LogP contribution in [0.25, 0.3) is 32.3 Å². The van der Waals surface area contributed by atoms with Crippen molar-refractivity contribution in [1.29, 1.82) is 0 Å². The lowest BCUT2D eigenvalue weighted by molar-refractivity contribution is 0.796. The minimum Gasteiger partial charge on any atom is -0.382 e. The SMILES string of the molecule is Cn1c(SCc2ccccc2)nc(-c2ccccc2)c1-c1nc2c(N)ncnc2s1. The minimum atomic E-state index is 0.393. The minimum absolute atomic E-state index is 0.393. The van der Waals surface area contributed by atoms with Gasteiger partial charge in [0.25, 0.3) is 0 Å². The molecule has 0 atom stereocenters. The quantitative estimate of drug-likeness (QED) is 0.394. The lowest BCUT2D eigenvalue weighted by Gasteiger charge is -2.05. The molecule has 0 aliphatic carbocycles. The molecule has 2 aromatic carbocycles. The van der Waals surface area contributed by atoms with Crippen molar-refractivity contribution in [1.82, 2.24) is 24.5 Å². The summed E-state index contributed by atoms with van der Waals surface area (Å²) < 4.78 is 2.11. The molecule has 0 amide bonds. The highest BCUT2D eigenvalue weighted by atomic mass is 32.2. The molecule has 5 aromatic rings. The molecule has 2 N–H and O–H groups in total. The van der Waals surface area contributed by atoms with E-state index in [-0.39, 0.29) is 0 Å². The summed E-state index contributed by atoms with van der Waals surface area (Å²) in [5, 5.41) is 1.77. The number of nitrogen functional groups attached to an aromatic ring is 1. The molecule has 6 nitrogen and oxygen atoms in total. The Bertz CT molecular complexity index is 1310. The number of benzene rings is 2. The molecule has 3 heterocycles. The number of hydrogen-bond acceptors (Lipinski definition) is 7. The van der Waals surface area contributed by atoms with E-state index in [0.717, 1.165) is 37.7 Å². The number of anilines is 1. The van der Waals surface area contributed by atoms with Gasteiger partial charge in [0.2, 0.25) is 0 Å². The molecule has 0 radical (unpaired) electrons. The van der Waals surface area contributed by atoms with Crippen LogP contribution in [0.4, 0.5) is 5.82 Å². The Morgan fingerprint density at radius 3 is 2.43 bits per heavy atom. The third-order valence-corrected chi connectivity index (χ3v) is 6.81. The van der Waals surface area contributed by atoms with Crippen LogP contribution in [0.5, 0.6) is 0 Å². The fraction of sp³-hybridized carbons (Fsp3) is 0.0909. The fourth-order valence-corrected chi connectivity index (χ4v) is 5.17. The lowest BCUT2D eigenvalue weighted by Crippen LogP contribution is -1.95. The summed E-state index contributed by atoms with van der Waals surface area (Å²) in [6.45, 7) is 0. The maximum Gasteiger partial charge on any atom is 0.169 e. The van der Waals surface area contributed by atoms with E-state index in [1.165, 1.54) is 23.2 Å². The van der Waals surface area contributed by atoms with Gasteiger partial charge in [0.1, 0.15) is 33.1 Å². The highest BCUT2D eigenvalue weighted by Gasteiger charge is 2.22. The number of rotatable bonds is 5. The van der Waals surface area contributed by atoms with Gasteiger partial charge in [0.05, 0.1) is 0 Å². The van der Waals surface area contributed by atoms with Gasteiger partial charge >= 0.3 is 0 Å². The summed E-state index contributed by atoms with van der Waals surface area (Å²) in [5.41, 5.74) is 10.8. The van der Waals surface area contributed by atoms with Crippen molar-refractivity contribution >= 4 is 39.3 Å². The molecule has 0 fully saturated rings. The van der Waals surface area contributed by atoms with Gasteiger partial charge in [-0.3, -0.25) is 0 Å². The lowest BCUT2D eigenvalue weighted by atomic mass is 10.1. The zero-order chi connectivity index (χ0) is 20.5. The summed E-state index contributed by atoms with van der Waals surface area (Å²) >= 11 is 3.21. The first-order chi connectivity index (χ1) is 14.7. The number of aromatic nitrogens is 5. The Hall–Kier alpha value is -3.23. The number of thioether (sulfide) groups is 1. The number of hydrogen-bond donors (Lipinski definition) is 1. The fourth-order valence-electron chi connectivity index (χ4n) is 3.24. The first-order valence-electron chi connectivity index (χ1n) is 9.37. The van der Waals surface area contributed by atoms with E-state index in [0.29, 0.717) is 11.3 Å². The van der Waals surface area contributed by atoms with Crippen LogP contribution >= 0.6 is 23.1 Å². The van der Waals surface area contributed by atoms with E-state index in [9.17, 15) is 0 Å². The molecule has 0 unspecified atom stereocenters. The van der Waals surface area contributed by atoms with Crippen molar-refractivity contribution in [3.8, 4) is 22.0 Å². The topological polar surface area (TPSA) is 82.5 Å². The first-order valence-corrected chi connectivity index (χ1v) is 11.2. The summed E-state index contributed by atoms with van der Waals surface area (Å²) in [4.78, 5) is 18.9. The highest BCUT2D eigenvalue weighted by molar-refractivity contribution is 7.98. The molecule has 5 rings (SSSR count). The van der Waals surface area contributed by atoms with E-state index in [1.807, 2.05) is 31.3 Å². The average molecular weight is 431 g/mol. The maximum atomic E-state index is 6.02. The van der Waals surface area contributed by atoms with Crippen molar-refractivity contribution < 1.29 is 0 Å². The van der Waals surface area contributed by atoms with Crippen LogP contribution in [-0.4, -0.2) is 24.5 Å². The Balaban J connectivity index is 1.62. The monoisotopic (exact) mass is 430 g/mol. The summed E-state index contributed by atoms with van der Waals surface area (Å²) in [6.07, 6.45) is 1.47. The smallest absolute Gasteiger partial charge is 0.169 e. The van der Waals surface area contributed by atoms with Crippen molar-refractivity contribution in [2.24, 2.45) is 7.05 Å². The Labute approximate surface area is 181 Å². The molecule has 148 valence electrons. The van der Waals surface area contributed by atoms with Crippen LogP contribution in [0.1, 0.15) is 5.56 Å².